The predicted molar refractivity (Wildman–Crippen MR) is 100 cm³/mol. The number of carbonyl (C=O) groups is 3. The van der Waals surface area contributed by atoms with Crippen molar-refractivity contribution in [2.24, 2.45) is 0 Å². The molecule has 10 heteroatoms. The van der Waals surface area contributed by atoms with Crippen molar-refractivity contribution in [2.45, 2.75) is 24.8 Å². The maximum atomic E-state index is 12.7. The van der Waals surface area contributed by atoms with Gasteiger partial charge in [-0.15, -0.1) is 0 Å². The molecular formula is C17H22ClN3O5S. The van der Waals surface area contributed by atoms with Crippen molar-refractivity contribution < 1.29 is 22.8 Å². The fourth-order valence-electron chi connectivity index (χ4n) is 2.68. The molecule has 27 heavy (non-hydrogen) atoms. The molecule has 0 aromatic heterocycles. The summed E-state index contributed by atoms with van der Waals surface area (Å²) in [4.78, 5) is 39.4. The molecule has 0 spiro atoms. The third-order valence-corrected chi connectivity index (χ3v) is 5.62. The minimum absolute atomic E-state index is 0.0561. The molecule has 0 bridgehead atoms. The molecule has 3 amide bonds. The van der Waals surface area contributed by atoms with E-state index >= 15 is 0 Å². The van der Waals surface area contributed by atoms with Gasteiger partial charge in [0.05, 0.1) is 9.92 Å². The van der Waals surface area contributed by atoms with Gasteiger partial charge >= 0.3 is 11.8 Å². The predicted octanol–water partition coefficient (Wildman–Crippen LogP) is 0.553. The molecule has 0 atom stereocenters. The minimum atomic E-state index is -3.56. The van der Waals surface area contributed by atoms with Gasteiger partial charge in [-0.3, -0.25) is 14.4 Å². The van der Waals surface area contributed by atoms with Gasteiger partial charge in [0.15, 0.2) is 9.84 Å². The first-order chi connectivity index (χ1) is 12.5. The van der Waals surface area contributed by atoms with Crippen molar-refractivity contribution in [3.63, 3.8) is 0 Å². The van der Waals surface area contributed by atoms with Gasteiger partial charge in [-0.05, 0) is 32.0 Å². The first kappa shape index (κ1) is 21.2. The van der Waals surface area contributed by atoms with E-state index < -0.39 is 21.7 Å². The standard InChI is InChI=1S/C17H22ClN3O5S/c1-11(2)19-15(22)17(24)21-8-6-20(7-9-21)16(23)12-4-5-13(18)14(10-12)27(3,25)26/h4-5,10-11H,6-9H2,1-3H3,(H,19,22). The average molecular weight is 416 g/mol. The highest BCUT2D eigenvalue weighted by Crippen LogP contribution is 2.23. The van der Waals surface area contributed by atoms with E-state index in [-0.39, 0.29) is 53.6 Å². The van der Waals surface area contributed by atoms with Crippen molar-refractivity contribution >= 4 is 39.2 Å². The molecule has 0 radical (unpaired) electrons. The largest absolute Gasteiger partial charge is 0.346 e. The van der Waals surface area contributed by atoms with E-state index in [1.165, 1.54) is 28.0 Å². The van der Waals surface area contributed by atoms with Gasteiger partial charge < -0.3 is 15.1 Å². The molecule has 1 saturated heterocycles. The van der Waals surface area contributed by atoms with Gasteiger partial charge in [-0.1, -0.05) is 11.6 Å². The Morgan fingerprint density at radius 2 is 1.63 bits per heavy atom. The van der Waals surface area contributed by atoms with Crippen LogP contribution in [-0.4, -0.2) is 74.4 Å². The SMILES string of the molecule is CC(C)NC(=O)C(=O)N1CCN(C(=O)c2ccc(Cl)c(S(C)(=O)=O)c2)CC1. The van der Waals surface area contributed by atoms with E-state index in [0.717, 1.165) is 6.26 Å². The summed E-state index contributed by atoms with van der Waals surface area (Å²) in [7, 11) is -3.56. The summed E-state index contributed by atoms with van der Waals surface area (Å²) < 4.78 is 23.5. The Kier molecular flexibility index (Phi) is 6.48. The Bertz CT molecular complexity index is 861. The average Bonchev–Trinajstić information content (AvgIpc) is 2.59. The fourth-order valence-corrected chi connectivity index (χ4v) is 3.98. The summed E-state index contributed by atoms with van der Waals surface area (Å²) in [6.45, 7) is 4.47. The van der Waals surface area contributed by atoms with Crippen LogP contribution in [0.5, 0.6) is 0 Å². The zero-order chi connectivity index (χ0) is 20.4. The highest BCUT2D eigenvalue weighted by molar-refractivity contribution is 7.90. The molecule has 1 aliphatic heterocycles. The van der Waals surface area contributed by atoms with Crippen molar-refractivity contribution in [2.75, 3.05) is 32.4 Å². The summed E-state index contributed by atoms with van der Waals surface area (Å²) in [5.74, 6) is -1.64. The third kappa shape index (κ3) is 5.20. The Balaban J connectivity index is 2.05. The van der Waals surface area contributed by atoms with Crippen LogP contribution < -0.4 is 5.32 Å². The molecule has 0 unspecified atom stereocenters. The second-order valence-corrected chi connectivity index (χ2v) is 9.02. The van der Waals surface area contributed by atoms with Gasteiger partial charge in [-0.2, -0.15) is 0 Å². The Morgan fingerprint density at radius 3 is 2.15 bits per heavy atom. The first-order valence-electron chi connectivity index (χ1n) is 8.39. The van der Waals surface area contributed by atoms with E-state index in [9.17, 15) is 22.8 Å². The summed E-state index contributed by atoms with van der Waals surface area (Å²) in [5, 5.41) is 2.60. The van der Waals surface area contributed by atoms with Crippen LogP contribution in [0, 0.1) is 0 Å². The number of sulfone groups is 1. The fraction of sp³-hybridized carbons (Fsp3) is 0.471. The summed E-state index contributed by atoms with van der Waals surface area (Å²) in [6.07, 6.45) is 1.02. The second-order valence-electron chi connectivity index (χ2n) is 6.63. The number of nitrogens with one attached hydrogen (secondary N) is 1. The molecule has 0 aliphatic carbocycles. The van der Waals surface area contributed by atoms with E-state index in [4.69, 9.17) is 11.6 Å². The molecular weight excluding hydrogens is 394 g/mol. The van der Waals surface area contributed by atoms with E-state index in [0.29, 0.717) is 0 Å². The number of hydrogen-bond acceptors (Lipinski definition) is 5. The Labute approximate surface area is 163 Å². The monoisotopic (exact) mass is 415 g/mol. The number of hydrogen-bond donors (Lipinski definition) is 1. The maximum absolute atomic E-state index is 12.7. The molecule has 0 saturated carbocycles. The van der Waals surface area contributed by atoms with Crippen LogP contribution >= 0.6 is 11.6 Å². The number of rotatable bonds is 3. The molecule has 1 aromatic rings. The van der Waals surface area contributed by atoms with Crippen LogP contribution in [0.2, 0.25) is 5.02 Å². The van der Waals surface area contributed by atoms with Gasteiger partial charge in [0.2, 0.25) is 0 Å². The number of benzene rings is 1. The van der Waals surface area contributed by atoms with Crippen molar-refractivity contribution in [3.8, 4) is 0 Å². The van der Waals surface area contributed by atoms with Crippen LogP contribution in [0.25, 0.3) is 0 Å². The number of carbonyl (C=O) groups excluding carboxylic acids is 3. The molecule has 1 N–H and O–H groups in total. The smallest absolute Gasteiger partial charge is 0.312 e. The van der Waals surface area contributed by atoms with E-state index in [1.54, 1.807) is 13.8 Å². The molecule has 1 aromatic carbocycles. The number of piperazine rings is 1. The summed E-state index contributed by atoms with van der Waals surface area (Å²) in [5.41, 5.74) is 0.206. The van der Waals surface area contributed by atoms with E-state index in [1.807, 2.05) is 0 Å². The lowest BCUT2D eigenvalue weighted by Crippen LogP contribution is -2.54. The topological polar surface area (TPSA) is 104 Å². The Morgan fingerprint density at radius 1 is 1.07 bits per heavy atom. The number of nitrogens with zero attached hydrogens (tertiary/aromatic N) is 2. The molecule has 2 rings (SSSR count). The molecule has 148 valence electrons. The highest BCUT2D eigenvalue weighted by Gasteiger charge is 2.29. The molecule has 8 nitrogen and oxygen atoms in total. The van der Waals surface area contributed by atoms with Crippen LogP contribution in [0.4, 0.5) is 0 Å². The summed E-state index contributed by atoms with van der Waals surface area (Å²) in [6, 6.07) is 3.96. The highest BCUT2D eigenvalue weighted by atomic mass is 35.5. The van der Waals surface area contributed by atoms with Crippen molar-refractivity contribution in [3.05, 3.63) is 28.8 Å². The lowest BCUT2D eigenvalue weighted by Gasteiger charge is -2.34. The molecule has 1 fully saturated rings. The van der Waals surface area contributed by atoms with Gasteiger partial charge in [0.25, 0.3) is 5.91 Å². The van der Waals surface area contributed by atoms with Gasteiger partial charge in [0, 0.05) is 44.0 Å². The van der Waals surface area contributed by atoms with Gasteiger partial charge in [0.1, 0.15) is 0 Å². The van der Waals surface area contributed by atoms with Crippen LogP contribution in [0.15, 0.2) is 23.1 Å². The normalized spacial score (nSPS) is 15.0. The maximum Gasteiger partial charge on any atom is 0.312 e. The molecule has 1 heterocycles. The third-order valence-electron chi connectivity index (χ3n) is 4.05. The van der Waals surface area contributed by atoms with Crippen molar-refractivity contribution in [1.29, 1.82) is 0 Å². The summed E-state index contributed by atoms with van der Waals surface area (Å²) >= 11 is 5.90. The number of halogens is 1. The zero-order valence-corrected chi connectivity index (χ0v) is 16.9. The number of amides is 3. The zero-order valence-electron chi connectivity index (χ0n) is 15.4. The van der Waals surface area contributed by atoms with Crippen LogP contribution in [-0.2, 0) is 19.4 Å². The molecule has 1 aliphatic rings. The lowest BCUT2D eigenvalue weighted by molar-refractivity contribution is -0.147. The Hall–Kier alpha value is -2.13. The van der Waals surface area contributed by atoms with Crippen LogP contribution in [0.3, 0.4) is 0 Å². The quantitative estimate of drug-likeness (QED) is 0.726. The minimum Gasteiger partial charge on any atom is -0.346 e. The van der Waals surface area contributed by atoms with E-state index in [2.05, 4.69) is 5.32 Å². The lowest BCUT2D eigenvalue weighted by atomic mass is 10.2. The van der Waals surface area contributed by atoms with Crippen LogP contribution in [0.1, 0.15) is 24.2 Å². The first-order valence-corrected chi connectivity index (χ1v) is 10.7. The van der Waals surface area contributed by atoms with Gasteiger partial charge in [-0.25, -0.2) is 8.42 Å². The van der Waals surface area contributed by atoms with Crippen molar-refractivity contribution in [1.82, 2.24) is 15.1 Å². The second kappa shape index (κ2) is 8.26.